The molecule has 0 aromatic heterocycles. The molecule has 0 atom stereocenters. The molecule has 0 radical (unpaired) electrons. The number of unbranched alkanes of at least 4 members (excludes halogenated alkanes) is 3. The van der Waals surface area contributed by atoms with Crippen molar-refractivity contribution in [2.24, 2.45) is 0 Å². The number of rotatable bonds is 13. The SMILES string of the molecule is C=CC(=O)OCCCCCCOc1ccc(C(=O)Oc2ccc(OC)cc2C=N)cc1. The van der Waals surface area contributed by atoms with E-state index >= 15 is 0 Å². The van der Waals surface area contributed by atoms with Crippen LogP contribution in [0, 0.1) is 5.41 Å². The molecular weight excluding hydrogens is 398 g/mol. The maximum Gasteiger partial charge on any atom is 0.343 e. The van der Waals surface area contributed by atoms with E-state index in [0.29, 0.717) is 41.6 Å². The third-order valence-electron chi connectivity index (χ3n) is 4.38. The molecule has 1 N–H and O–H groups in total. The summed E-state index contributed by atoms with van der Waals surface area (Å²) >= 11 is 0. The zero-order valence-corrected chi connectivity index (χ0v) is 17.6. The van der Waals surface area contributed by atoms with Gasteiger partial charge in [-0.05, 0) is 68.1 Å². The highest BCUT2D eigenvalue weighted by Gasteiger charge is 2.12. The minimum atomic E-state index is -0.517. The lowest BCUT2D eigenvalue weighted by molar-refractivity contribution is -0.137. The summed E-state index contributed by atoms with van der Waals surface area (Å²) in [6, 6.07) is 11.6. The molecule has 0 amide bonds. The summed E-state index contributed by atoms with van der Waals surface area (Å²) < 4.78 is 21.1. The number of benzene rings is 2. The summed E-state index contributed by atoms with van der Waals surface area (Å²) in [5.41, 5.74) is 0.833. The van der Waals surface area contributed by atoms with E-state index in [1.54, 1.807) is 42.5 Å². The fraction of sp³-hybridized carbons (Fsp3) is 0.292. The zero-order chi connectivity index (χ0) is 22.5. The average Bonchev–Trinajstić information content (AvgIpc) is 2.81. The van der Waals surface area contributed by atoms with Gasteiger partial charge in [-0.3, -0.25) is 0 Å². The molecule has 164 valence electrons. The Balaban J connectivity index is 1.74. The molecule has 0 bridgehead atoms. The van der Waals surface area contributed by atoms with Crippen LogP contribution in [0.15, 0.2) is 55.1 Å². The van der Waals surface area contributed by atoms with Crippen molar-refractivity contribution >= 4 is 18.2 Å². The number of nitrogens with one attached hydrogen (secondary N) is 1. The number of esters is 2. The van der Waals surface area contributed by atoms with Gasteiger partial charge in [0.15, 0.2) is 0 Å². The first kappa shape index (κ1) is 23.7. The fourth-order valence-corrected chi connectivity index (χ4v) is 2.68. The minimum Gasteiger partial charge on any atom is -0.497 e. The predicted molar refractivity (Wildman–Crippen MR) is 117 cm³/mol. The van der Waals surface area contributed by atoms with Gasteiger partial charge in [-0.1, -0.05) is 6.58 Å². The Morgan fingerprint density at radius 2 is 1.65 bits per heavy atom. The van der Waals surface area contributed by atoms with Crippen LogP contribution < -0.4 is 14.2 Å². The molecule has 2 rings (SSSR count). The molecule has 0 aliphatic heterocycles. The maximum atomic E-state index is 12.4. The van der Waals surface area contributed by atoms with Gasteiger partial charge >= 0.3 is 11.9 Å². The Bertz CT molecular complexity index is 891. The van der Waals surface area contributed by atoms with Crippen LogP contribution in [0.4, 0.5) is 0 Å². The largest absolute Gasteiger partial charge is 0.497 e. The summed E-state index contributed by atoms with van der Waals surface area (Å²) in [6.45, 7) is 4.31. The molecule has 0 heterocycles. The molecule has 2 aromatic carbocycles. The molecular formula is C24H27NO6. The topological polar surface area (TPSA) is 94.9 Å². The Morgan fingerprint density at radius 1 is 0.968 bits per heavy atom. The van der Waals surface area contributed by atoms with Gasteiger partial charge in [-0.15, -0.1) is 0 Å². The first-order valence-electron chi connectivity index (χ1n) is 10.00. The Labute approximate surface area is 182 Å². The van der Waals surface area contributed by atoms with E-state index in [2.05, 4.69) is 6.58 Å². The van der Waals surface area contributed by atoms with Gasteiger partial charge < -0.3 is 24.4 Å². The molecule has 7 nitrogen and oxygen atoms in total. The number of methoxy groups -OCH3 is 1. The minimum absolute atomic E-state index is 0.292. The maximum absolute atomic E-state index is 12.4. The molecule has 0 spiro atoms. The zero-order valence-electron chi connectivity index (χ0n) is 17.6. The Morgan fingerprint density at radius 3 is 2.29 bits per heavy atom. The second-order valence-electron chi connectivity index (χ2n) is 6.60. The van der Waals surface area contributed by atoms with Gasteiger partial charge in [-0.25, -0.2) is 9.59 Å². The Hall–Kier alpha value is -3.61. The normalized spacial score (nSPS) is 10.1. The van der Waals surface area contributed by atoms with E-state index in [-0.39, 0.29) is 0 Å². The number of carbonyl (C=O) groups excluding carboxylic acids is 2. The number of ether oxygens (including phenoxy) is 4. The van der Waals surface area contributed by atoms with Crippen LogP contribution in [0.1, 0.15) is 41.6 Å². The van der Waals surface area contributed by atoms with Crippen molar-refractivity contribution in [1.82, 2.24) is 0 Å². The lowest BCUT2D eigenvalue weighted by Gasteiger charge is -2.10. The van der Waals surface area contributed by atoms with Gasteiger partial charge in [0.25, 0.3) is 0 Å². The smallest absolute Gasteiger partial charge is 0.343 e. The van der Waals surface area contributed by atoms with Crippen molar-refractivity contribution in [2.45, 2.75) is 25.7 Å². The molecule has 0 saturated heterocycles. The van der Waals surface area contributed by atoms with Crippen molar-refractivity contribution in [3.8, 4) is 17.2 Å². The fourth-order valence-electron chi connectivity index (χ4n) is 2.68. The van der Waals surface area contributed by atoms with Crippen LogP contribution in [-0.2, 0) is 9.53 Å². The average molecular weight is 425 g/mol. The van der Waals surface area contributed by atoms with E-state index in [0.717, 1.165) is 38.0 Å². The van der Waals surface area contributed by atoms with Gasteiger partial charge in [0, 0.05) is 17.9 Å². The van der Waals surface area contributed by atoms with Gasteiger partial charge in [0.1, 0.15) is 17.2 Å². The van der Waals surface area contributed by atoms with Crippen molar-refractivity contribution in [1.29, 1.82) is 5.41 Å². The van der Waals surface area contributed by atoms with Crippen LogP contribution in [0.25, 0.3) is 0 Å². The molecule has 0 aliphatic carbocycles. The van der Waals surface area contributed by atoms with Crippen LogP contribution in [0.3, 0.4) is 0 Å². The van der Waals surface area contributed by atoms with Gasteiger partial charge in [-0.2, -0.15) is 0 Å². The van der Waals surface area contributed by atoms with Gasteiger partial charge in [0.05, 0.1) is 25.9 Å². The first-order chi connectivity index (χ1) is 15.1. The van der Waals surface area contributed by atoms with E-state index in [4.69, 9.17) is 24.4 Å². The molecule has 0 aliphatic rings. The van der Waals surface area contributed by atoms with Gasteiger partial charge in [0.2, 0.25) is 0 Å². The summed E-state index contributed by atoms with van der Waals surface area (Å²) in [5.74, 6) is 0.629. The molecule has 7 heteroatoms. The quantitative estimate of drug-likeness (QED) is 0.166. The number of carbonyl (C=O) groups is 2. The van der Waals surface area contributed by atoms with Crippen LogP contribution >= 0.6 is 0 Å². The van der Waals surface area contributed by atoms with Crippen LogP contribution in [-0.4, -0.2) is 38.5 Å². The number of hydrogen-bond donors (Lipinski definition) is 1. The Kier molecular flexibility index (Phi) is 9.81. The monoisotopic (exact) mass is 425 g/mol. The molecule has 0 saturated carbocycles. The van der Waals surface area contributed by atoms with Crippen molar-refractivity contribution < 1.29 is 28.5 Å². The van der Waals surface area contributed by atoms with Crippen molar-refractivity contribution in [2.75, 3.05) is 20.3 Å². The molecule has 2 aromatic rings. The highest BCUT2D eigenvalue weighted by atomic mass is 16.5. The lowest BCUT2D eigenvalue weighted by Crippen LogP contribution is -2.10. The van der Waals surface area contributed by atoms with E-state index in [1.165, 1.54) is 7.11 Å². The summed E-state index contributed by atoms with van der Waals surface area (Å²) in [7, 11) is 1.53. The van der Waals surface area contributed by atoms with Crippen molar-refractivity contribution in [3.05, 3.63) is 66.2 Å². The summed E-state index contributed by atoms with van der Waals surface area (Å²) in [4.78, 5) is 23.3. The van der Waals surface area contributed by atoms with E-state index < -0.39 is 11.9 Å². The standard InChI is InChI=1S/C24H27NO6/c1-3-23(26)30-15-7-5-4-6-14-29-20-10-8-18(9-11-20)24(27)31-22-13-12-21(28-2)16-19(22)17-25/h3,8-13,16-17,25H,1,4-7,14-15H2,2H3. The highest BCUT2D eigenvalue weighted by Crippen LogP contribution is 2.24. The summed E-state index contributed by atoms with van der Waals surface area (Å²) in [6.07, 6.45) is 5.86. The third-order valence-corrected chi connectivity index (χ3v) is 4.38. The second-order valence-corrected chi connectivity index (χ2v) is 6.60. The van der Waals surface area contributed by atoms with E-state index in [9.17, 15) is 9.59 Å². The predicted octanol–water partition coefficient (Wildman–Crippen LogP) is 4.58. The number of hydrogen-bond acceptors (Lipinski definition) is 7. The molecule has 0 unspecified atom stereocenters. The highest BCUT2D eigenvalue weighted by molar-refractivity contribution is 5.93. The van der Waals surface area contributed by atoms with Crippen LogP contribution in [0.5, 0.6) is 17.2 Å². The molecule has 31 heavy (non-hydrogen) atoms. The second kappa shape index (κ2) is 12.8. The van der Waals surface area contributed by atoms with Crippen LogP contribution in [0.2, 0.25) is 0 Å². The molecule has 0 fully saturated rings. The lowest BCUT2D eigenvalue weighted by atomic mass is 10.2. The first-order valence-corrected chi connectivity index (χ1v) is 10.00. The third kappa shape index (κ3) is 7.97. The van der Waals surface area contributed by atoms with E-state index in [1.807, 2.05) is 0 Å². The summed E-state index contributed by atoms with van der Waals surface area (Å²) in [5, 5.41) is 7.47. The van der Waals surface area contributed by atoms with Crippen molar-refractivity contribution in [3.63, 3.8) is 0 Å².